The maximum atomic E-state index is 11.9. The normalized spacial score (nSPS) is 11.6. The molecule has 3 amide bonds. The summed E-state index contributed by atoms with van der Waals surface area (Å²) in [6, 6.07) is 8.73. The van der Waals surface area contributed by atoms with Crippen LogP contribution >= 0.6 is 0 Å². The molecule has 2 N–H and O–H groups in total. The smallest absolute Gasteiger partial charge is 0.319 e. The van der Waals surface area contributed by atoms with Crippen LogP contribution in [-0.4, -0.2) is 35.3 Å². The van der Waals surface area contributed by atoms with Crippen molar-refractivity contribution in [1.82, 2.24) is 15.1 Å². The van der Waals surface area contributed by atoms with Gasteiger partial charge in [0.15, 0.2) is 0 Å². The predicted molar refractivity (Wildman–Crippen MR) is 93.9 cm³/mol. The number of benzene rings is 1. The SMILES string of the molecule is CC(=O)N(C)c1ccc(NC(=O)NCC(C)Cn2cccn2)cc1. The number of nitrogens with zero attached hydrogens (tertiary/aromatic N) is 3. The first-order chi connectivity index (χ1) is 11.5. The van der Waals surface area contributed by atoms with Crippen molar-refractivity contribution >= 4 is 23.3 Å². The first kappa shape index (κ1) is 17.5. The largest absolute Gasteiger partial charge is 0.338 e. The van der Waals surface area contributed by atoms with E-state index in [0.717, 1.165) is 12.2 Å². The number of nitrogens with one attached hydrogen (secondary N) is 2. The number of aromatic nitrogens is 2. The Kier molecular flexibility index (Phi) is 5.95. The Morgan fingerprint density at radius 2 is 2.00 bits per heavy atom. The van der Waals surface area contributed by atoms with Gasteiger partial charge < -0.3 is 15.5 Å². The summed E-state index contributed by atoms with van der Waals surface area (Å²) in [5, 5.41) is 9.77. The van der Waals surface area contributed by atoms with Crippen molar-refractivity contribution < 1.29 is 9.59 Å². The van der Waals surface area contributed by atoms with E-state index in [0.29, 0.717) is 12.2 Å². The molecule has 1 unspecified atom stereocenters. The van der Waals surface area contributed by atoms with Gasteiger partial charge in [0.25, 0.3) is 0 Å². The summed E-state index contributed by atoms with van der Waals surface area (Å²) in [6.07, 6.45) is 3.64. The van der Waals surface area contributed by atoms with Gasteiger partial charge in [-0.05, 0) is 36.2 Å². The molecule has 1 heterocycles. The summed E-state index contributed by atoms with van der Waals surface area (Å²) in [4.78, 5) is 24.8. The number of anilines is 2. The third-order valence-electron chi connectivity index (χ3n) is 3.65. The fourth-order valence-corrected chi connectivity index (χ4v) is 2.18. The second kappa shape index (κ2) is 8.14. The van der Waals surface area contributed by atoms with Crippen LogP contribution in [0.3, 0.4) is 0 Å². The summed E-state index contributed by atoms with van der Waals surface area (Å²) in [5.41, 5.74) is 1.45. The van der Waals surface area contributed by atoms with Gasteiger partial charge in [-0.3, -0.25) is 9.48 Å². The van der Waals surface area contributed by atoms with Crippen molar-refractivity contribution in [3.63, 3.8) is 0 Å². The zero-order chi connectivity index (χ0) is 17.5. The van der Waals surface area contributed by atoms with E-state index in [-0.39, 0.29) is 17.9 Å². The van der Waals surface area contributed by atoms with Crippen molar-refractivity contribution in [3.8, 4) is 0 Å². The predicted octanol–water partition coefficient (Wildman–Crippen LogP) is 2.32. The molecular formula is C17H23N5O2. The first-order valence-corrected chi connectivity index (χ1v) is 7.82. The first-order valence-electron chi connectivity index (χ1n) is 7.82. The van der Waals surface area contributed by atoms with Crippen LogP contribution in [0.1, 0.15) is 13.8 Å². The molecule has 1 aromatic carbocycles. The maximum absolute atomic E-state index is 11.9. The molecule has 1 atom stereocenters. The number of urea groups is 1. The third-order valence-corrected chi connectivity index (χ3v) is 3.65. The van der Waals surface area contributed by atoms with E-state index in [2.05, 4.69) is 15.7 Å². The lowest BCUT2D eigenvalue weighted by Crippen LogP contribution is -2.33. The van der Waals surface area contributed by atoms with E-state index in [4.69, 9.17) is 0 Å². The van der Waals surface area contributed by atoms with E-state index < -0.39 is 0 Å². The third kappa shape index (κ3) is 5.12. The summed E-state index contributed by atoms with van der Waals surface area (Å²) in [7, 11) is 1.71. The number of hydrogen-bond acceptors (Lipinski definition) is 3. The molecule has 0 aliphatic rings. The zero-order valence-corrected chi connectivity index (χ0v) is 14.2. The highest BCUT2D eigenvalue weighted by atomic mass is 16.2. The molecule has 0 spiro atoms. The summed E-state index contributed by atoms with van der Waals surface area (Å²) in [6.45, 7) is 4.86. The van der Waals surface area contributed by atoms with Gasteiger partial charge in [-0.25, -0.2) is 4.79 Å². The minimum atomic E-state index is -0.255. The monoisotopic (exact) mass is 329 g/mol. The molecule has 0 saturated heterocycles. The van der Waals surface area contributed by atoms with Crippen LogP contribution in [0.5, 0.6) is 0 Å². The number of carbonyl (C=O) groups excluding carboxylic acids is 2. The summed E-state index contributed by atoms with van der Waals surface area (Å²) >= 11 is 0. The zero-order valence-electron chi connectivity index (χ0n) is 14.2. The van der Waals surface area contributed by atoms with Crippen LogP contribution in [0.25, 0.3) is 0 Å². The van der Waals surface area contributed by atoms with Crippen molar-refractivity contribution in [3.05, 3.63) is 42.7 Å². The lowest BCUT2D eigenvalue weighted by atomic mass is 10.2. The maximum Gasteiger partial charge on any atom is 0.319 e. The van der Waals surface area contributed by atoms with Crippen LogP contribution in [0.2, 0.25) is 0 Å². The van der Waals surface area contributed by atoms with Crippen LogP contribution in [-0.2, 0) is 11.3 Å². The fraction of sp³-hybridized carbons (Fsp3) is 0.353. The van der Waals surface area contributed by atoms with Crippen molar-refractivity contribution in [2.75, 3.05) is 23.8 Å². The van der Waals surface area contributed by atoms with Crippen LogP contribution < -0.4 is 15.5 Å². The average Bonchev–Trinajstić information content (AvgIpc) is 3.06. The Balaban J connectivity index is 1.78. The van der Waals surface area contributed by atoms with Gasteiger partial charge in [0.2, 0.25) is 5.91 Å². The van der Waals surface area contributed by atoms with Crippen LogP contribution in [0.4, 0.5) is 16.2 Å². The van der Waals surface area contributed by atoms with Crippen molar-refractivity contribution in [2.24, 2.45) is 5.92 Å². The molecule has 1 aromatic heterocycles. The van der Waals surface area contributed by atoms with E-state index in [9.17, 15) is 9.59 Å². The summed E-state index contributed by atoms with van der Waals surface area (Å²) < 4.78 is 1.84. The van der Waals surface area contributed by atoms with E-state index in [1.807, 2.05) is 23.9 Å². The standard InChI is InChI=1S/C17H23N5O2/c1-13(12-22-10-4-9-19-22)11-18-17(24)20-15-5-7-16(8-6-15)21(3)14(2)23/h4-10,13H,11-12H2,1-3H3,(H2,18,20,24). The van der Waals surface area contributed by atoms with Gasteiger partial charge in [-0.1, -0.05) is 6.92 Å². The van der Waals surface area contributed by atoms with Gasteiger partial charge in [-0.2, -0.15) is 5.10 Å². The molecule has 0 fully saturated rings. The molecule has 7 nitrogen and oxygen atoms in total. The molecule has 7 heteroatoms. The minimum Gasteiger partial charge on any atom is -0.338 e. The second-order valence-electron chi connectivity index (χ2n) is 5.79. The highest BCUT2D eigenvalue weighted by Crippen LogP contribution is 2.16. The van der Waals surface area contributed by atoms with Gasteiger partial charge in [0.05, 0.1) is 0 Å². The Hall–Kier alpha value is -2.83. The Morgan fingerprint density at radius 3 is 2.58 bits per heavy atom. The number of rotatable bonds is 6. The average molecular weight is 329 g/mol. The van der Waals surface area contributed by atoms with Gasteiger partial charge in [-0.15, -0.1) is 0 Å². The Morgan fingerprint density at radius 1 is 1.29 bits per heavy atom. The number of hydrogen-bond donors (Lipinski definition) is 2. The second-order valence-corrected chi connectivity index (χ2v) is 5.79. The van der Waals surface area contributed by atoms with Gasteiger partial charge >= 0.3 is 6.03 Å². The molecular weight excluding hydrogens is 306 g/mol. The van der Waals surface area contributed by atoms with Crippen molar-refractivity contribution in [1.29, 1.82) is 0 Å². The molecule has 0 aliphatic carbocycles. The lowest BCUT2D eigenvalue weighted by molar-refractivity contribution is -0.116. The molecule has 2 rings (SSSR count). The van der Waals surface area contributed by atoms with E-state index >= 15 is 0 Å². The Labute approximate surface area is 141 Å². The lowest BCUT2D eigenvalue weighted by Gasteiger charge is -2.16. The van der Waals surface area contributed by atoms with E-state index in [1.54, 1.807) is 42.4 Å². The topological polar surface area (TPSA) is 79.3 Å². The van der Waals surface area contributed by atoms with E-state index in [1.165, 1.54) is 6.92 Å². The quantitative estimate of drug-likeness (QED) is 0.853. The molecule has 2 aromatic rings. The van der Waals surface area contributed by atoms with Crippen LogP contribution in [0.15, 0.2) is 42.7 Å². The number of carbonyl (C=O) groups is 2. The highest BCUT2D eigenvalue weighted by Gasteiger charge is 2.08. The molecule has 0 aliphatic heterocycles. The van der Waals surface area contributed by atoms with Gasteiger partial charge in [0.1, 0.15) is 0 Å². The van der Waals surface area contributed by atoms with Crippen LogP contribution in [0, 0.1) is 5.92 Å². The summed E-state index contributed by atoms with van der Waals surface area (Å²) in [5.74, 6) is 0.224. The fourth-order valence-electron chi connectivity index (χ4n) is 2.18. The Bertz CT molecular complexity index is 667. The van der Waals surface area contributed by atoms with Crippen molar-refractivity contribution in [2.45, 2.75) is 20.4 Å². The molecule has 128 valence electrons. The molecule has 0 radical (unpaired) electrons. The van der Waals surface area contributed by atoms with Gasteiger partial charge in [0, 0.05) is 50.8 Å². The molecule has 24 heavy (non-hydrogen) atoms. The molecule has 0 saturated carbocycles. The number of amides is 3. The minimum absolute atomic E-state index is 0.0420. The molecule has 0 bridgehead atoms. The highest BCUT2D eigenvalue weighted by molar-refractivity contribution is 5.92.